The third-order valence-corrected chi connectivity index (χ3v) is 6.30. The van der Waals surface area contributed by atoms with Gasteiger partial charge in [-0.1, -0.05) is 13.3 Å². The highest BCUT2D eigenvalue weighted by Gasteiger charge is 2.34. The van der Waals surface area contributed by atoms with Crippen LogP contribution in [0.1, 0.15) is 45.4 Å². The van der Waals surface area contributed by atoms with Crippen molar-refractivity contribution in [2.24, 2.45) is 5.92 Å². The molecule has 1 atom stereocenters. The van der Waals surface area contributed by atoms with Crippen LogP contribution in [0.5, 0.6) is 0 Å². The highest BCUT2D eigenvalue weighted by atomic mass is 32.2. The van der Waals surface area contributed by atoms with E-state index in [2.05, 4.69) is 17.1 Å². The molecule has 2 fully saturated rings. The zero-order valence-electron chi connectivity index (χ0n) is 14.5. The van der Waals surface area contributed by atoms with Crippen molar-refractivity contribution in [1.82, 2.24) is 14.5 Å². The van der Waals surface area contributed by atoms with Crippen LogP contribution in [0.4, 0.5) is 0 Å². The fourth-order valence-electron chi connectivity index (χ4n) is 3.48. The Morgan fingerprint density at radius 1 is 1.13 bits per heavy atom. The minimum Gasteiger partial charge on any atom is -0.355 e. The molecule has 6 nitrogen and oxygen atoms in total. The summed E-state index contributed by atoms with van der Waals surface area (Å²) in [6.07, 6.45) is 7.01. The first-order valence-electron chi connectivity index (χ1n) is 8.85. The Hall–Kier alpha value is -0.660. The van der Waals surface area contributed by atoms with Gasteiger partial charge in [0.05, 0.1) is 6.26 Å². The molecule has 0 aromatic carbocycles. The van der Waals surface area contributed by atoms with Gasteiger partial charge in [0.2, 0.25) is 15.9 Å². The molecule has 0 aliphatic carbocycles. The molecular weight excluding hydrogens is 314 g/mol. The first kappa shape index (κ1) is 18.7. The van der Waals surface area contributed by atoms with Crippen molar-refractivity contribution >= 4 is 15.9 Å². The molecule has 1 amide bonds. The van der Waals surface area contributed by atoms with E-state index in [0.29, 0.717) is 19.5 Å². The van der Waals surface area contributed by atoms with Crippen LogP contribution in [-0.2, 0) is 14.8 Å². The lowest BCUT2D eigenvalue weighted by Gasteiger charge is -2.33. The molecule has 7 heteroatoms. The fourth-order valence-corrected chi connectivity index (χ4v) is 4.61. The van der Waals surface area contributed by atoms with Gasteiger partial charge in [-0.25, -0.2) is 8.42 Å². The predicted molar refractivity (Wildman–Crippen MR) is 91.7 cm³/mol. The van der Waals surface area contributed by atoms with E-state index >= 15 is 0 Å². The number of carbonyl (C=O) groups is 1. The van der Waals surface area contributed by atoms with Crippen molar-refractivity contribution in [3.63, 3.8) is 0 Å². The second-order valence-corrected chi connectivity index (χ2v) is 8.99. The zero-order valence-corrected chi connectivity index (χ0v) is 15.3. The molecular formula is C16H31N3O3S. The summed E-state index contributed by atoms with van der Waals surface area (Å²) in [5.41, 5.74) is 0. The van der Waals surface area contributed by atoms with Gasteiger partial charge in [-0.2, -0.15) is 4.31 Å². The summed E-state index contributed by atoms with van der Waals surface area (Å²) >= 11 is 0. The standard InChI is InChI=1S/C16H31N3O3S/c1-14-7-12-18(13-8-14)10-5-9-17-16(20)15-6-3-4-11-19(15)23(2,21)22/h14-15H,3-13H2,1-2H3,(H,17,20)/t15-/m1/s1. The first-order chi connectivity index (χ1) is 10.9. The maximum absolute atomic E-state index is 12.3. The Kier molecular flexibility index (Phi) is 6.85. The lowest BCUT2D eigenvalue weighted by molar-refractivity contribution is -0.125. The predicted octanol–water partition coefficient (Wildman–Crippen LogP) is 1.04. The summed E-state index contributed by atoms with van der Waals surface area (Å²) < 4.78 is 25.0. The molecule has 1 N–H and O–H groups in total. The van der Waals surface area contributed by atoms with Crippen molar-refractivity contribution in [3.05, 3.63) is 0 Å². The highest BCUT2D eigenvalue weighted by molar-refractivity contribution is 7.88. The maximum Gasteiger partial charge on any atom is 0.238 e. The average Bonchev–Trinajstić information content (AvgIpc) is 2.52. The lowest BCUT2D eigenvalue weighted by Crippen LogP contribution is -2.51. The number of nitrogens with one attached hydrogen (secondary N) is 1. The summed E-state index contributed by atoms with van der Waals surface area (Å²) in [5, 5.41) is 2.93. The van der Waals surface area contributed by atoms with E-state index in [9.17, 15) is 13.2 Å². The molecule has 0 saturated carbocycles. The number of hydrogen-bond donors (Lipinski definition) is 1. The molecule has 0 aromatic rings. The van der Waals surface area contributed by atoms with Gasteiger partial charge in [-0.05, 0) is 57.7 Å². The second-order valence-electron chi connectivity index (χ2n) is 7.05. The quantitative estimate of drug-likeness (QED) is 0.730. The molecule has 23 heavy (non-hydrogen) atoms. The van der Waals surface area contributed by atoms with Crippen molar-refractivity contribution in [1.29, 1.82) is 0 Å². The monoisotopic (exact) mass is 345 g/mol. The van der Waals surface area contributed by atoms with E-state index in [1.54, 1.807) is 0 Å². The first-order valence-corrected chi connectivity index (χ1v) is 10.7. The van der Waals surface area contributed by atoms with Crippen LogP contribution in [0.15, 0.2) is 0 Å². The molecule has 0 unspecified atom stereocenters. The minimum absolute atomic E-state index is 0.137. The molecule has 0 bridgehead atoms. The van der Waals surface area contributed by atoms with E-state index in [4.69, 9.17) is 0 Å². The molecule has 2 aliphatic rings. The van der Waals surface area contributed by atoms with Crippen LogP contribution in [0.3, 0.4) is 0 Å². The van der Waals surface area contributed by atoms with Gasteiger partial charge in [0.1, 0.15) is 6.04 Å². The fraction of sp³-hybridized carbons (Fsp3) is 0.938. The molecule has 2 heterocycles. The van der Waals surface area contributed by atoms with Gasteiger partial charge in [0, 0.05) is 13.1 Å². The van der Waals surface area contributed by atoms with E-state index in [0.717, 1.165) is 44.8 Å². The van der Waals surface area contributed by atoms with Crippen molar-refractivity contribution in [2.75, 3.05) is 39.0 Å². The zero-order chi connectivity index (χ0) is 16.9. The molecule has 0 aromatic heterocycles. The van der Waals surface area contributed by atoms with Gasteiger partial charge in [0.25, 0.3) is 0 Å². The third-order valence-electron chi connectivity index (χ3n) is 5.01. The van der Waals surface area contributed by atoms with Crippen LogP contribution < -0.4 is 5.32 Å². The van der Waals surface area contributed by atoms with Crippen LogP contribution in [-0.4, -0.2) is 68.6 Å². The Labute approximate surface area is 140 Å². The summed E-state index contributed by atoms with van der Waals surface area (Å²) in [5.74, 6) is 0.696. The lowest BCUT2D eigenvalue weighted by atomic mass is 9.99. The molecule has 2 aliphatic heterocycles. The summed E-state index contributed by atoms with van der Waals surface area (Å²) in [6.45, 7) is 6.70. The third kappa shape index (κ3) is 5.72. The van der Waals surface area contributed by atoms with Crippen LogP contribution in [0.25, 0.3) is 0 Å². The summed E-state index contributed by atoms with van der Waals surface area (Å²) in [4.78, 5) is 14.8. The molecule has 134 valence electrons. The molecule has 2 saturated heterocycles. The van der Waals surface area contributed by atoms with E-state index in [-0.39, 0.29) is 5.91 Å². The topological polar surface area (TPSA) is 69.7 Å². The van der Waals surface area contributed by atoms with Crippen LogP contribution in [0, 0.1) is 5.92 Å². The average molecular weight is 346 g/mol. The van der Waals surface area contributed by atoms with Crippen molar-refractivity contribution < 1.29 is 13.2 Å². The number of likely N-dealkylation sites (tertiary alicyclic amines) is 1. The molecule has 0 radical (unpaired) electrons. The van der Waals surface area contributed by atoms with E-state index in [1.807, 2.05) is 0 Å². The number of sulfonamides is 1. The molecule has 0 spiro atoms. The van der Waals surface area contributed by atoms with Crippen LogP contribution in [0.2, 0.25) is 0 Å². The smallest absolute Gasteiger partial charge is 0.238 e. The Balaban J connectivity index is 1.71. The van der Waals surface area contributed by atoms with Crippen molar-refractivity contribution in [3.8, 4) is 0 Å². The molecule has 2 rings (SSSR count). The Morgan fingerprint density at radius 2 is 1.83 bits per heavy atom. The number of rotatable bonds is 6. The largest absolute Gasteiger partial charge is 0.355 e. The maximum atomic E-state index is 12.3. The number of hydrogen-bond acceptors (Lipinski definition) is 4. The van der Waals surface area contributed by atoms with Gasteiger partial charge in [0.15, 0.2) is 0 Å². The van der Waals surface area contributed by atoms with Crippen LogP contribution >= 0.6 is 0 Å². The highest BCUT2D eigenvalue weighted by Crippen LogP contribution is 2.20. The summed E-state index contributed by atoms with van der Waals surface area (Å²) in [6, 6.07) is -0.519. The number of piperidine rings is 2. The van der Waals surface area contributed by atoms with Crippen molar-refractivity contribution in [2.45, 2.75) is 51.5 Å². The Bertz CT molecular complexity index is 487. The minimum atomic E-state index is -3.31. The number of carbonyl (C=O) groups excluding carboxylic acids is 1. The second kappa shape index (κ2) is 8.44. The van der Waals surface area contributed by atoms with Gasteiger partial charge in [-0.3, -0.25) is 4.79 Å². The summed E-state index contributed by atoms with van der Waals surface area (Å²) in [7, 11) is -3.31. The number of nitrogens with zero attached hydrogens (tertiary/aromatic N) is 2. The van der Waals surface area contributed by atoms with Gasteiger partial charge >= 0.3 is 0 Å². The normalized spacial score (nSPS) is 25.4. The van der Waals surface area contributed by atoms with E-state index in [1.165, 1.54) is 23.4 Å². The number of amides is 1. The van der Waals surface area contributed by atoms with E-state index < -0.39 is 16.1 Å². The SMILES string of the molecule is CC1CCN(CCCNC(=O)[C@H]2CCCCN2S(C)(=O)=O)CC1. The van der Waals surface area contributed by atoms with Gasteiger partial charge < -0.3 is 10.2 Å². The Morgan fingerprint density at radius 3 is 2.48 bits per heavy atom. The van der Waals surface area contributed by atoms with Gasteiger partial charge in [-0.15, -0.1) is 0 Å².